The minimum absolute atomic E-state index is 0.0509. The molecule has 1 aromatic rings. The third-order valence-electron chi connectivity index (χ3n) is 4.49. The molecule has 3 unspecified atom stereocenters. The lowest BCUT2D eigenvalue weighted by molar-refractivity contribution is 0.0922. The molecular weight excluding hydrogens is 229 g/mol. The first-order chi connectivity index (χ1) is 8.63. The second kappa shape index (κ2) is 4.38. The smallest absolute Gasteiger partial charge is 0.251 e. The summed E-state index contributed by atoms with van der Waals surface area (Å²) in [5.41, 5.74) is 1.30. The number of carbonyl (C=O) groups is 1. The van der Waals surface area contributed by atoms with Crippen LogP contribution in [-0.2, 0) is 0 Å². The number of benzene rings is 1. The van der Waals surface area contributed by atoms with Gasteiger partial charge in [-0.2, -0.15) is 0 Å². The lowest BCUT2D eigenvalue weighted by Crippen LogP contribution is -2.38. The maximum absolute atomic E-state index is 13.0. The van der Waals surface area contributed by atoms with Gasteiger partial charge in [0.2, 0.25) is 0 Å². The summed E-state index contributed by atoms with van der Waals surface area (Å²) in [6, 6.07) is 4.67. The van der Waals surface area contributed by atoms with Crippen molar-refractivity contribution in [2.75, 3.05) is 0 Å². The van der Waals surface area contributed by atoms with Crippen LogP contribution in [0.3, 0.4) is 0 Å². The number of rotatable bonds is 2. The van der Waals surface area contributed by atoms with Gasteiger partial charge in [-0.05, 0) is 61.8 Å². The highest BCUT2D eigenvalue weighted by Crippen LogP contribution is 2.44. The van der Waals surface area contributed by atoms with Crippen LogP contribution in [0, 0.1) is 24.6 Å². The molecule has 1 N–H and O–H groups in total. The van der Waals surface area contributed by atoms with Crippen molar-refractivity contribution in [2.45, 2.75) is 38.6 Å². The lowest BCUT2D eigenvalue weighted by Gasteiger charge is -2.23. The monoisotopic (exact) mass is 247 g/mol. The number of fused-ring (bicyclic) bond motifs is 2. The predicted molar refractivity (Wildman–Crippen MR) is 67.8 cm³/mol. The number of hydrogen-bond donors (Lipinski definition) is 1. The summed E-state index contributed by atoms with van der Waals surface area (Å²) in [6.45, 7) is 1.78. The van der Waals surface area contributed by atoms with Crippen LogP contribution >= 0.6 is 0 Å². The summed E-state index contributed by atoms with van der Waals surface area (Å²) in [4.78, 5) is 12.2. The zero-order chi connectivity index (χ0) is 12.7. The standard InChI is InChI=1S/C15H18FNO/c1-9-6-12(16)4-5-13(9)15(18)17-14-8-10-2-3-11(14)7-10/h4-6,10-11,14H,2-3,7-8H2,1H3,(H,17,18). The maximum atomic E-state index is 13.0. The molecule has 2 aliphatic rings. The molecule has 0 aliphatic heterocycles. The van der Waals surface area contributed by atoms with Gasteiger partial charge in [0, 0.05) is 11.6 Å². The van der Waals surface area contributed by atoms with Crippen molar-refractivity contribution in [3.05, 3.63) is 35.1 Å². The minimum Gasteiger partial charge on any atom is -0.349 e. The van der Waals surface area contributed by atoms with E-state index in [-0.39, 0.29) is 11.7 Å². The highest BCUT2D eigenvalue weighted by molar-refractivity contribution is 5.95. The molecule has 96 valence electrons. The fourth-order valence-corrected chi connectivity index (χ4v) is 3.55. The zero-order valence-electron chi connectivity index (χ0n) is 10.6. The molecule has 2 nitrogen and oxygen atoms in total. The van der Waals surface area contributed by atoms with Crippen molar-refractivity contribution in [2.24, 2.45) is 11.8 Å². The van der Waals surface area contributed by atoms with E-state index in [1.807, 2.05) is 0 Å². The zero-order valence-corrected chi connectivity index (χ0v) is 10.6. The van der Waals surface area contributed by atoms with Crippen LogP contribution in [-0.4, -0.2) is 11.9 Å². The van der Waals surface area contributed by atoms with Crippen LogP contribution in [0.4, 0.5) is 4.39 Å². The molecule has 3 heteroatoms. The summed E-state index contributed by atoms with van der Waals surface area (Å²) in [7, 11) is 0. The topological polar surface area (TPSA) is 29.1 Å². The van der Waals surface area contributed by atoms with Gasteiger partial charge in [0.1, 0.15) is 5.82 Å². The van der Waals surface area contributed by atoms with Gasteiger partial charge in [-0.15, -0.1) is 0 Å². The molecule has 2 saturated carbocycles. The van der Waals surface area contributed by atoms with Gasteiger partial charge >= 0.3 is 0 Å². The summed E-state index contributed by atoms with van der Waals surface area (Å²) in [5.74, 6) is 1.14. The van der Waals surface area contributed by atoms with Crippen molar-refractivity contribution in [3.8, 4) is 0 Å². The SMILES string of the molecule is Cc1cc(F)ccc1C(=O)NC1CC2CCC1C2. The molecule has 2 aliphatic carbocycles. The Morgan fingerprint density at radius 3 is 2.78 bits per heavy atom. The number of nitrogens with one attached hydrogen (secondary N) is 1. The molecule has 3 atom stereocenters. The second-order valence-corrected chi connectivity index (χ2v) is 5.71. The van der Waals surface area contributed by atoms with E-state index < -0.39 is 0 Å². The van der Waals surface area contributed by atoms with Gasteiger partial charge in [-0.1, -0.05) is 6.42 Å². The molecule has 2 fully saturated rings. The van der Waals surface area contributed by atoms with E-state index in [9.17, 15) is 9.18 Å². The Kier molecular flexibility index (Phi) is 2.84. The largest absolute Gasteiger partial charge is 0.349 e. The van der Waals surface area contributed by atoms with Gasteiger partial charge in [-0.3, -0.25) is 4.79 Å². The normalized spacial score (nSPS) is 29.6. The highest BCUT2D eigenvalue weighted by Gasteiger charge is 2.40. The van der Waals surface area contributed by atoms with Crippen LogP contribution in [0.15, 0.2) is 18.2 Å². The average Bonchev–Trinajstić information content (AvgIpc) is 2.90. The summed E-state index contributed by atoms with van der Waals surface area (Å²) in [6.07, 6.45) is 4.97. The molecule has 0 aromatic heterocycles. The van der Waals surface area contributed by atoms with E-state index in [1.165, 1.54) is 31.4 Å². The van der Waals surface area contributed by atoms with E-state index >= 15 is 0 Å². The van der Waals surface area contributed by atoms with Crippen molar-refractivity contribution in [1.82, 2.24) is 5.32 Å². The number of halogens is 1. The molecule has 0 spiro atoms. The maximum Gasteiger partial charge on any atom is 0.251 e. The van der Waals surface area contributed by atoms with Crippen molar-refractivity contribution < 1.29 is 9.18 Å². The Morgan fingerprint density at radius 1 is 1.33 bits per heavy atom. The number of hydrogen-bond acceptors (Lipinski definition) is 1. The molecular formula is C15H18FNO. The number of carbonyl (C=O) groups excluding carboxylic acids is 1. The fraction of sp³-hybridized carbons (Fsp3) is 0.533. The number of amides is 1. The van der Waals surface area contributed by atoms with Crippen molar-refractivity contribution in [1.29, 1.82) is 0 Å². The van der Waals surface area contributed by atoms with Crippen molar-refractivity contribution in [3.63, 3.8) is 0 Å². The first-order valence-electron chi connectivity index (χ1n) is 6.70. The van der Waals surface area contributed by atoms with Gasteiger partial charge in [0.05, 0.1) is 0 Å². The third kappa shape index (κ3) is 2.02. The second-order valence-electron chi connectivity index (χ2n) is 5.71. The van der Waals surface area contributed by atoms with Gasteiger partial charge in [0.15, 0.2) is 0 Å². The van der Waals surface area contributed by atoms with Gasteiger partial charge in [-0.25, -0.2) is 4.39 Å². The molecule has 0 radical (unpaired) electrons. The van der Waals surface area contributed by atoms with Crippen LogP contribution in [0.1, 0.15) is 41.6 Å². The van der Waals surface area contributed by atoms with E-state index in [1.54, 1.807) is 13.0 Å². The van der Waals surface area contributed by atoms with E-state index in [2.05, 4.69) is 5.32 Å². The first-order valence-corrected chi connectivity index (χ1v) is 6.70. The van der Waals surface area contributed by atoms with E-state index in [0.29, 0.717) is 23.1 Å². The molecule has 1 aromatic carbocycles. The van der Waals surface area contributed by atoms with Gasteiger partial charge < -0.3 is 5.32 Å². The Hall–Kier alpha value is -1.38. The Morgan fingerprint density at radius 2 is 2.17 bits per heavy atom. The summed E-state index contributed by atoms with van der Waals surface area (Å²) < 4.78 is 13.0. The molecule has 3 rings (SSSR count). The summed E-state index contributed by atoms with van der Waals surface area (Å²) >= 11 is 0. The highest BCUT2D eigenvalue weighted by atomic mass is 19.1. The first kappa shape index (κ1) is 11.7. The minimum atomic E-state index is -0.288. The molecule has 1 amide bonds. The number of aryl methyl sites for hydroxylation is 1. The van der Waals surface area contributed by atoms with Crippen LogP contribution in [0.2, 0.25) is 0 Å². The average molecular weight is 247 g/mol. The Labute approximate surface area is 107 Å². The van der Waals surface area contributed by atoms with Gasteiger partial charge in [0.25, 0.3) is 5.91 Å². The molecule has 18 heavy (non-hydrogen) atoms. The molecule has 0 heterocycles. The predicted octanol–water partition coefficient (Wildman–Crippen LogP) is 3.05. The fourth-order valence-electron chi connectivity index (χ4n) is 3.55. The van der Waals surface area contributed by atoms with E-state index in [0.717, 1.165) is 12.3 Å². The lowest BCUT2D eigenvalue weighted by atomic mass is 9.95. The van der Waals surface area contributed by atoms with E-state index in [4.69, 9.17) is 0 Å². The quantitative estimate of drug-likeness (QED) is 0.855. The molecule has 0 saturated heterocycles. The van der Waals surface area contributed by atoms with Crippen LogP contribution < -0.4 is 5.32 Å². The van der Waals surface area contributed by atoms with Crippen LogP contribution in [0.25, 0.3) is 0 Å². The molecule has 2 bridgehead atoms. The Bertz CT molecular complexity index is 485. The Balaban J connectivity index is 1.71. The summed E-state index contributed by atoms with van der Waals surface area (Å²) in [5, 5.41) is 3.13. The van der Waals surface area contributed by atoms with Crippen molar-refractivity contribution >= 4 is 5.91 Å². The van der Waals surface area contributed by atoms with Crippen LogP contribution in [0.5, 0.6) is 0 Å². The third-order valence-corrected chi connectivity index (χ3v) is 4.49.